The van der Waals surface area contributed by atoms with Gasteiger partial charge >= 0.3 is 0 Å². The number of hydrogen-bond acceptors (Lipinski definition) is 2. The molecule has 0 radical (unpaired) electrons. The minimum atomic E-state index is -0.328. The predicted molar refractivity (Wildman–Crippen MR) is 317 cm³/mol. The molecule has 3 nitrogen and oxygen atoms in total. The van der Waals surface area contributed by atoms with Crippen LogP contribution in [0.2, 0.25) is 0 Å². The van der Waals surface area contributed by atoms with Gasteiger partial charge in [-0.3, -0.25) is 0 Å². The van der Waals surface area contributed by atoms with Gasteiger partial charge in [0.05, 0.1) is 11.0 Å². The number of fused-ring (bicyclic) bond motifs is 8. The first kappa shape index (κ1) is 47.1. The molecule has 0 atom stereocenters. The highest BCUT2D eigenvalue weighted by Crippen LogP contribution is 2.57. The molecule has 0 amide bonds. The minimum Gasteiger partial charge on any atom is -0.311 e. The Hall–Kier alpha value is -7.88. The van der Waals surface area contributed by atoms with Crippen LogP contribution in [0.15, 0.2) is 206 Å². The van der Waals surface area contributed by atoms with Gasteiger partial charge in [-0.25, -0.2) is 0 Å². The van der Waals surface area contributed by atoms with Gasteiger partial charge in [0.25, 0.3) is 0 Å². The number of anilines is 6. The van der Waals surface area contributed by atoms with E-state index >= 15 is 0 Å². The Labute approximate surface area is 438 Å². The first-order chi connectivity index (χ1) is 35.3. The molecule has 3 heteroatoms. The average Bonchev–Trinajstić information content (AvgIpc) is 4.00. The maximum Gasteiger partial charge on any atom is 0.0617 e. The molecule has 1 aliphatic rings. The molecule has 0 fully saturated rings. The quantitative estimate of drug-likeness (QED) is 0.150. The van der Waals surface area contributed by atoms with E-state index in [4.69, 9.17) is 0 Å². The summed E-state index contributed by atoms with van der Waals surface area (Å²) in [6, 6.07) is 77.4. The van der Waals surface area contributed by atoms with E-state index in [9.17, 15) is 0 Å². The maximum atomic E-state index is 2.63. The highest BCUT2D eigenvalue weighted by Gasteiger charge is 2.42. The summed E-state index contributed by atoms with van der Waals surface area (Å²) in [5, 5.41) is 3.90. The Bertz CT molecular complexity index is 3890. The number of aromatic nitrogens is 1. The van der Waals surface area contributed by atoms with Crippen molar-refractivity contribution in [1.82, 2.24) is 4.40 Å². The van der Waals surface area contributed by atoms with Crippen LogP contribution in [0, 0.1) is 0 Å². The number of nitrogens with zero attached hydrogens (tertiary/aromatic N) is 3. The second-order valence-corrected chi connectivity index (χ2v) is 24.4. The summed E-state index contributed by atoms with van der Waals surface area (Å²) in [6.45, 7) is 25.7. The van der Waals surface area contributed by atoms with Crippen LogP contribution in [0.25, 0.3) is 60.6 Å². The van der Waals surface area contributed by atoms with Crippen molar-refractivity contribution in [3.05, 3.63) is 234 Å². The molecule has 0 aliphatic heterocycles. The van der Waals surface area contributed by atoms with E-state index in [2.05, 4.69) is 297 Å². The van der Waals surface area contributed by atoms with Gasteiger partial charge in [-0.1, -0.05) is 191 Å². The Morgan fingerprint density at radius 1 is 0.351 bits per heavy atom. The third-order valence-corrected chi connectivity index (χ3v) is 15.9. The second-order valence-electron chi connectivity index (χ2n) is 24.4. The first-order valence-electron chi connectivity index (χ1n) is 26.5. The van der Waals surface area contributed by atoms with Crippen molar-refractivity contribution in [3.8, 4) is 33.4 Å². The summed E-state index contributed by atoms with van der Waals surface area (Å²) in [6.07, 6.45) is 0. The lowest BCUT2D eigenvalue weighted by atomic mass is 9.85. The molecular weight excluding hydrogens is 895 g/mol. The fourth-order valence-corrected chi connectivity index (χ4v) is 11.8. The Morgan fingerprint density at radius 3 is 1.28 bits per heavy atom. The molecule has 0 N–H and O–H groups in total. The molecule has 2 aromatic heterocycles. The third-order valence-electron chi connectivity index (χ3n) is 15.9. The lowest BCUT2D eigenvalue weighted by Gasteiger charge is -2.29. The molecule has 1 aliphatic carbocycles. The molecule has 0 saturated heterocycles. The first-order valence-corrected chi connectivity index (χ1v) is 26.5. The summed E-state index contributed by atoms with van der Waals surface area (Å²) >= 11 is 0. The van der Waals surface area contributed by atoms with E-state index in [0.717, 1.165) is 34.1 Å². The van der Waals surface area contributed by atoms with E-state index in [0.29, 0.717) is 0 Å². The van der Waals surface area contributed by atoms with E-state index in [1.807, 2.05) is 0 Å². The molecule has 74 heavy (non-hydrogen) atoms. The van der Waals surface area contributed by atoms with Gasteiger partial charge < -0.3 is 14.2 Å². The lowest BCUT2D eigenvalue weighted by molar-refractivity contribution is 0.590. The van der Waals surface area contributed by atoms with Crippen molar-refractivity contribution in [2.45, 2.75) is 97.8 Å². The second kappa shape index (κ2) is 17.1. The zero-order chi connectivity index (χ0) is 51.5. The summed E-state index contributed by atoms with van der Waals surface area (Å²) in [4.78, 5) is 4.90. The maximum absolute atomic E-state index is 2.63. The van der Waals surface area contributed by atoms with Crippen molar-refractivity contribution in [3.63, 3.8) is 0 Å². The summed E-state index contributed by atoms with van der Waals surface area (Å²) in [5.41, 5.74) is 23.2. The van der Waals surface area contributed by atoms with Gasteiger partial charge in [0.2, 0.25) is 0 Å². The average molecular weight is 962 g/mol. The van der Waals surface area contributed by atoms with Crippen LogP contribution in [0.4, 0.5) is 34.1 Å². The fraction of sp³-hybridized carbons (Fsp3) is 0.211. The lowest BCUT2D eigenvalue weighted by Crippen LogP contribution is -2.19. The normalized spacial score (nSPS) is 13.4. The van der Waals surface area contributed by atoms with Crippen LogP contribution in [0.1, 0.15) is 104 Å². The van der Waals surface area contributed by atoms with Crippen molar-refractivity contribution in [2.75, 3.05) is 9.80 Å². The molecule has 366 valence electrons. The number of benzene rings is 9. The van der Waals surface area contributed by atoms with Gasteiger partial charge in [0, 0.05) is 67.0 Å². The number of rotatable bonds is 8. The fourth-order valence-electron chi connectivity index (χ4n) is 11.8. The minimum absolute atomic E-state index is 0.0442. The van der Waals surface area contributed by atoms with Crippen molar-refractivity contribution >= 4 is 61.3 Å². The molecule has 0 bridgehead atoms. The van der Waals surface area contributed by atoms with E-state index in [-0.39, 0.29) is 21.7 Å². The molecule has 0 saturated carbocycles. The molecular formula is C71H67N3. The van der Waals surface area contributed by atoms with Crippen molar-refractivity contribution < 1.29 is 0 Å². The van der Waals surface area contributed by atoms with Gasteiger partial charge in [0.15, 0.2) is 0 Å². The third kappa shape index (κ3) is 7.87. The Morgan fingerprint density at radius 2 is 0.784 bits per heavy atom. The van der Waals surface area contributed by atoms with Crippen LogP contribution < -0.4 is 9.80 Å². The van der Waals surface area contributed by atoms with Crippen LogP contribution in [0.3, 0.4) is 0 Å². The van der Waals surface area contributed by atoms with Gasteiger partial charge in [-0.05, 0) is 157 Å². The molecule has 9 aromatic carbocycles. The van der Waals surface area contributed by atoms with E-state index in [1.165, 1.54) is 88.5 Å². The monoisotopic (exact) mass is 962 g/mol. The zero-order valence-corrected chi connectivity index (χ0v) is 45.0. The van der Waals surface area contributed by atoms with Crippen LogP contribution in [-0.2, 0) is 21.7 Å². The summed E-state index contributed by atoms with van der Waals surface area (Å²) in [5.74, 6) is 0. The predicted octanol–water partition coefficient (Wildman–Crippen LogP) is 20.2. The zero-order valence-electron chi connectivity index (χ0n) is 45.0. The van der Waals surface area contributed by atoms with Crippen LogP contribution in [-0.4, -0.2) is 4.40 Å². The molecule has 0 spiro atoms. The van der Waals surface area contributed by atoms with Gasteiger partial charge in [0.1, 0.15) is 0 Å². The van der Waals surface area contributed by atoms with Gasteiger partial charge in [-0.15, -0.1) is 0 Å². The SMILES string of the molecule is CC(C)(C)c1ccc(N(c2cccc(-c3ccccc3)c2)c2ccc3c(c2)C(C)(C)c2c-3c3cc(C(C)(C)C)cc4c5cc(N(c6ccc(C(C)(C)C)cc6)c6cccc(-c7ccccc7)c6)ccc5n2c34)cc1. The topological polar surface area (TPSA) is 10.9 Å². The van der Waals surface area contributed by atoms with Crippen molar-refractivity contribution in [2.24, 2.45) is 0 Å². The Balaban J connectivity index is 1.04. The van der Waals surface area contributed by atoms with Crippen LogP contribution in [0.5, 0.6) is 0 Å². The number of hydrogen-bond donors (Lipinski definition) is 0. The molecule has 11 aromatic rings. The van der Waals surface area contributed by atoms with Gasteiger partial charge in [-0.2, -0.15) is 0 Å². The molecule has 2 heterocycles. The van der Waals surface area contributed by atoms with Crippen molar-refractivity contribution in [1.29, 1.82) is 0 Å². The van der Waals surface area contributed by atoms with E-state index < -0.39 is 0 Å². The highest BCUT2D eigenvalue weighted by molar-refractivity contribution is 6.21. The standard InChI is InChI=1S/C71H67N3/c1-68(2,3)50-28-32-53(33-29-50)72(55-26-18-24-48(40-55)46-20-14-12-15-21-46)57-37-39-64-60(44-57)61-42-52(70(7,8)9)43-62-65-59-38-36-58(45-63(59)71(10,11)67(65)74(64)66(61)62)73(54-34-30-51(31-35-54)69(4,5)6)56-27-19-25-49(41-56)47-22-16-13-17-23-47/h12-45H,1-11H3. The Kier molecular flexibility index (Phi) is 10.9. The van der Waals surface area contributed by atoms with Crippen LogP contribution >= 0.6 is 0 Å². The highest BCUT2D eigenvalue weighted by atomic mass is 15.1. The summed E-state index contributed by atoms with van der Waals surface area (Å²) < 4.78 is 2.63. The van der Waals surface area contributed by atoms with E-state index in [1.54, 1.807) is 0 Å². The smallest absolute Gasteiger partial charge is 0.0617 e. The molecule has 12 rings (SSSR count). The largest absolute Gasteiger partial charge is 0.311 e. The molecule has 0 unspecified atom stereocenters. The summed E-state index contributed by atoms with van der Waals surface area (Å²) in [7, 11) is 0.